The molecule has 3 N–H and O–H groups in total. The topological polar surface area (TPSA) is 118 Å². The van der Waals surface area contributed by atoms with Crippen molar-refractivity contribution in [3.8, 4) is 0 Å². The Morgan fingerprint density at radius 3 is 2.96 bits per heavy atom. The number of hydrogen-bond donors (Lipinski definition) is 2. The van der Waals surface area contributed by atoms with E-state index in [9.17, 15) is 9.59 Å². The van der Waals surface area contributed by atoms with Crippen LogP contribution in [-0.2, 0) is 6.54 Å². The van der Waals surface area contributed by atoms with Crippen molar-refractivity contribution >= 4 is 29.1 Å². The van der Waals surface area contributed by atoms with Crippen LogP contribution in [0.15, 0.2) is 35.2 Å². The van der Waals surface area contributed by atoms with Crippen molar-refractivity contribution in [1.82, 2.24) is 19.9 Å². The number of carbonyl (C=O) groups is 1. The quantitative estimate of drug-likeness (QED) is 0.682. The van der Waals surface area contributed by atoms with Gasteiger partial charge in [0.1, 0.15) is 6.29 Å². The van der Waals surface area contributed by atoms with Gasteiger partial charge in [0, 0.05) is 18.3 Å². The zero-order valence-corrected chi connectivity index (χ0v) is 12.3. The lowest BCUT2D eigenvalue weighted by molar-refractivity contribution is 0.112. The van der Waals surface area contributed by atoms with E-state index >= 15 is 0 Å². The van der Waals surface area contributed by atoms with Gasteiger partial charge in [0.15, 0.2) is 11.2 Å². The maximum Gasteiger partial charge on any atom is 0.280 e. The van der Waals surface area contributed by atoms with E-state index in [1.54, 1.807) is 18.2 Å². The van der Waals surface area contributed by atoms with Gasteiger partial charge in [-0.1, -0.05) is 0 Å². The summed E-state index contributed by atoms with van der Waals surface area (Å²) in [7, 11) is 1.81. The molecule has 0 aliphatic rings. The maximum atomic E-state index is 11.9. The van der Waals surface area contributed by atoms with E-state index in [-0.39, 0.29) is 23.2 Å². The number of nitrogens with one attached hydrogen (secondary N) is 1. The van der Waals surface area contributed by atoms with E-state index in [0.29, 0.717) is 24.1 Å². The number of anilines is 2. The summed E-state index contributed by atoms with van der Waals surface area (Å²) in [6, 6.07) is 5.07. The van der Waals surface area contributed by atoms with Crippen LogP contribution in [0.1, 0.15) is 17.4 Å². The van der Waals surface area contributed by atoms with Gasteiger partial charge >= 0.3 is 0 Å². The molecule has 0 saturated carbocycles. The molecular formula is C15H14N6O2. The van der Waals surface area contributed by atoms with Gasteiger partial charge in [0.2, 0.25) is 5.95 Å². The first kappa shape index (κ1) is 13.4. The highest BCUT2D eigenvalue weighted by molar-refractivity contribution is 5.75. The Morgan fingerprint density at radius 1 is 1.39 bits per heavy atom. The highest BCUT2D eigenvalue weighted by atomic mass is 16.1. The fourth-order valence-corrected chi connectivity index (χ4v) is 2.12. The SMILES string of the molecule is [2H]c1cc(N(C)Cc2cnc3nc(N)[nH]c(=O)c3n2)ccc1C=O. The molecule has 0 fully saturated rings. The zero-order valence-electron chi connectivity index (χ0n) is 13.3. The molecule has 0 saturated heterocycles. The molecule has 1 aromatic carbocycles. The molecule has 0 unspecified atom stereocenters. The Kier molecular flexibility index (Phi) is 3.39. The zero-order chi connectivity index (χ0) is 17.3. The molecule has 23 heavy (non-hydrogen) atoms. The van der Waals surface area contributed by atoms with Crippen LogP contribution < -0.4 is 16.2 Å². The highest BCUT2D eigenvalue weighted by Gasteiger charge is 2.09. The first-order valence-electron chi connectivity index (χ1n) is 7.26. The summed E-state index contributed by atoms with van der Waals surface area (Å²) in [4.78, 5) is 39.2. The summed E-state index contributed by atoms with van der Waals surface area (Å²) >= 11 is 0. The number of nitrogens with zero attached hydrogens (tertiary/aromatic N) is 4. The fraction of sp³-hybridized carbons (Fsp3) is 0.133. The van der Waals surface area contributed by atoms with Crippen molar-refractivity contribution in [2.24, 2.45) is 0 Å². The highest BCUT2D eigenvalue weighted by Crippen LogP contribution is 2.15. The third-order valence-electron chi connectivity index (χ3n) is 3.27. The number of aromatic amines is 1. The molecule has 0 spiro atoms. The number of rotatable bonds is 4. The molecule has 0 bridgehead atoms. The second-order valence-electron chi connectivity index (χ2n) is 4.96. The predicted molar refractivity (Wildman–Crippen MR) is 86.3 cm³/mol. The Bertz CT molecular complexity index is 987. The summed E-state index contributed by atoms with van der Waals surface area (Å²) in [5.41, 5.74) is 6.97. The van der Waals surface area contributed by atoms with Crippen molar-refractivity contribution in [2.75, 3.05) is 17.7 Å². The van der Waals surface area contributed by atoms with Crippen LogP contribution in [-0.4, -0.2) is 33.3 Å². The molecule has 0 radical (unpaired) electrons. The molecule has 0 aliphatic carbocycles. The summed E-state index contributed by atoms with van der Waals surface area (Å²) in [6.07, 6.45) is 2.16. The van der Waals surface area contributed by atoms with Gasteiger partial charge < -0.3 is 10.6 Å². The standard InChI is InChI=1S/C15H14N6O2/c1-21(11-4-2-9(8-22)3-5-11)7-10-6-17-13-12(18-10)14(23)20-15(16)19-13/h2-6,8H,7H2,1H3,(H3,16,17,19,20,23)/i2D. The largest absolute Gasteiger partial charge is 0.369 e. The van der Waals surface area contributed by atoms with E-state index in [2.05, 4.69) is 19.9 Å². The number of aldehydes is 1. The van der Waals surface area contributed by atoms with E-state index < -0.39 is 5.56 Å². The molecule has 8 heteroatoms. The number of nitrogens with two attached hydrogens (primary N) is 1. The summed E-state index contributed by atoms with van der Waals surface area (Å²) in [5.74, 6) is -0.00934. The number of aromatic nitrogens is 4. The first-order chi connectivity index (χ1) is 11.5. The van der Waals surface area contributed by atoms with Crippen LogP contribution in [0, 0.1) is 0 Å². The van der Waals surface area contributed by atoms with Gasteiger partial charge in [-0.3, -0.25) is 14.6 Å². The molecule has 8 nitrogen and oxygen atoms in total. The van der Waals surface area contributed by atoms with Crippen LogP contribution in [0.4, 0.5) is 11.6 Å². The number of benzene rings is 1. The normalized spacial score (nSPS) is 11.3. The Morgan fingerprint density at radius 2 is 2.22 bits per heavy atom. The van der Waals surface area contributed by atoms with Crippen LogP contribution in [0.5, 0.6) is 0 Å². The monoisotopic (exact) mass is 311 g/mol. The van der Waals surface area contributed by atoms with Crippen LogP contribution >= 0.6 is 0 Å². The van der Waals surface area contributed by atoms with Crippen molar-refractivity contribution in [3.63, 3.8) is 0 Å². The molecule has 2 heterocycles. The Labute approximate surface area is 132 Å². The van der Waals surface area contributed by atoms with Crippen molar-refractivity contribution < 1.29 is 6.17 Å². The van der Waals surface area contributed by atoms with Gasteiger partial charge in [0.05, 0.1) is 19.8 Å². The summed E-state index contributed by atoms with van der Waals surface area (Å²) < 4.78 is 7.79. The number of nitrogen functional groups attached to an aromatic ring is 1. The predicted octanol–water partition coefficient (Wildman–Crippen LogP) is 0.744. The lowest BCUT2D eigenvalue weighted by Gasteiger charge is -2.18. The van der Waals surface area contributed by atoms with E-state index in [1.165, 1.54) is 6.20 Å². The molecule has 116 valence electrons. The number of fused-ring (bicyclic) bond motifs is 1. The molecule has 2 aromatic heterocycles. The molecular weight excluding hydrogens is 296 g/mol. The minimum Gasteiger partial charge on any atom is -0.369 e. The third-order valence-corrected chi connectivity index (χ3v) is 3.27. The Balaban J connectivity index is 1.90. The number of carbonyl (C=O) groups excluding carboxylic acids is 1. The molecule has 0 atom stereocenters. The van der Waals surface area contributed by atoms with Gasteiger partial charge in [-0.15, -0.1) is 0 Å². The second-order valence-corrected chi connectivity index (χ2v) is 4.96. The fourth-order valence-electron chi connectivity index (χ4n) is 2.12. The van der Waals surface area contributed by atoms with E-state index in [0.717, 1.165) is 5.69 Å². The third kappa shape index (κ3) is 3.00. The van der Waals surface area contributed by atoms with Crippen molar-refractivity contribution in [2.45, 2.75) is 6.54 Å². The summed E-state index contributed by atoms with van der Waals surface area (Å²) in [5, 5.41) is 0. The van der Waals surface area contributed by atoms with Crippen LogP contribution in [0.25, 0.3) is 11.2 Å². The minimum atomic E-state index is -0.446. The molecule has 3 rings (SSSR count). The van der Waals surface area contributed by atoms with Crippen molar-refractivity contribution in [3.05, 3.63) is 52.0 Å². The Hall–Kier alpha value is -3.29. The van der Waals surface area contributed by atoms with Gasteiger partial charge in [-0.05, 0) is 24.2 Å². The van der Waals surface area contributed by atoms with E-state index in [1.807, 2.05) is 11.9 Å². The smallest absolute Gasteiger partial charge is 0.280 e. The molecule has 0 aliphatic heterocycles. The number of H-pyrrole nitrogens is 1. The first-order valence-corrected chi connectivity index (χ1v) is 6.76. The minimum absolute atomic E-state index is 0.00934. The van der Waals surface area contributed by atoms with Gasteiger partial charge in [-0.25, -0.2) is 9.97 Å². The number of hydrogen-bond acceptors (Lipinski definition) is 7. The lowest BCUT2D eigenvalue weighted by atomic mass is 10.2. The second kappa shape index (κ2) is 5.84. The van der Waals surface area contributed by atoms with Gasteiger partial charge in [-0.2, -0.15) is 4.98 Å². The lowest BCUT2D eigenvalue weighted by Crippen LogP contribution is -2.19. The van der Waals surface area contributed by atoms with Crippen molar-refractivity contribution in [1.29, 1.82) is 0 Å². The maximum absolute atomic E-state index is 11.9. The van der Waals surface area contributed by atoms with Crippen LogP contribution in [0.3, 0.4) is 0 Å². The molecule has 3 aromatic rings. The molecule has 0 amide bonds. The average Bonchev–Trinajstić information content (AvgIpc) is 2.55. The average molecular weight is 311 g/mol. The van der Waals surface area contributed by atoms with Crippen LogP contribution in [0.2, 0.25) is 0 Å². The van der Waals surface area contributed by atoms with E-state index in [4.69, 9.17) is 7.10 Å². The summed E-state index contributed by atoms with van der Waals surface area (Å²) in [6.45, 7) is 0.368. The van der Waals surface area contributed by atoms with Gasteiger partial charge in [0.25, 0.3) is 5.56 Å².